The number of nitrogens with zero attached hydrogens (tertiary/aromatic N) is 2. The Labute approximate surface area is 160 Å². The third kappa shape index (κ3) is 3.66. The standard InChI is InChI=1S/C20H17N3O5/c1-12-18(10-17(22(25)26)11-19(12)23(27)28)20(24)21-13(2)15-8-7-14-5-3-4-6-16(14)9-15/h3-11,13H,1-2H3,(H,21,24). The Morgan fingerprint density at radius 3 is 2.29 bits per heavy atom. The Morgan fingerprint density at radius 2 is 1.64 bits per heavy atom. The van der Waals surface area contributed by atoms with E-state index in [1.54, 1.807) is 6.92 Å². The van der Waals surface area contributed by atoms with Crippen LogP contribution in [0.5, 0.6) is 0 Å². The van der Waals surface area contributed by atoms with Crippen molar-refractivity contribution in [3.8, 4) is 0 Å². The highest BCUT2D eigenvalue weighted by atomic mass is 16.6. The molecule has 8 heteroatoms. The molecule has 8 nitrogen and oxygen atoms in total. The van der Waals surface area contributed by atoms with Gasteiger partial charge in [0.2, 0.25) is 0 Å². The van der Waals surface area contributed by atoms with Crippen LogP contribution in [-0.2, 0) is 0 Å². The molecule has 1 amide bonds. The van der Waals surface area contributed by atoms with E-state index >= 15 is 0 Å². The monoisotopic (exact) mass is 379 g/mol. The van der Waals surface area contributed by atoms with E-state index in [0.29, 0.717) is 0 Å². The van der Waals surface area contributed by atoms with Crippen molar-refractivity contribution < 1.29 is 14.6 Å². The van der Waals surface area contributed by atoms with Gasteiger partial charge in [0.1, 0.15) is 0 Å². The Kier molecular flexibility index (Phi) is 5.04. The number of nitro groups is 2. The van der Waals surface area contributed by atoms with Crippen molar-refractivity contribution in [2.75, 3.05) is 0 Å². The van der Waals surface area contributed by atoms with E-state index in [2.05, 4.69) is 5.32 Å². The second-order valence-electron chi connectivity index (χ2n) is 6.45. The molecule has 0 saturated heterocycles. The highest BCUT2D eigenvalue weighted by molar-refractivity contribution is 5.97. The van der Waals surface area contributed by atoms with Crippen LogP contribution in [0.4, 0.5) is 11.4 Å². The minimum absolute atomic E-state index is 0.0822. The molecule has 0 aliphatic rings. The number of nitrogens with one attached hydrogen (secondary N) is 1. The fourth-order valence-corrected chi connectivity index (χ4v) is 3.05. The first-order chi connectivity index (χ1) is 13.3. The molecule has 3 rings (SSSR count). The Morgan fingerprint density at radius 1 is 0.964 bits per heavy atom. The molecule has 3 aromatic carbocycles. The normalized spacial score (nSPS) is 11.8. The minimum atomic E-state index is -0.754. The lowest BCUT2D eigenvalue weighted by Crippen LogP contribution is -2.27. The van der Waals surface area contributed by atoms with Crippen LogP contribution in [0, 0.1) is 27.2 Å². The molecule has 1 unspecified atom stereocenters. The number of hydrogen-bond donors (Lipinski definition) is 1. The molecular formula is C20H17N3O5. The van der Waals surface area contributed by atoms with Crippen LogP contribution in [0.25, 0.3) is 10.8 Å². The van der Waals surface area contributed by atoms with Crippen molar-refractivity contribution in [1.29, 1.82) is 0 Å². The van der Waals surface area contributed by atoms with E-state index in [1.807, 2.05) is 42.5 Å². The van der Waals surface area contributed by atoms with Crippen LogP contribution in [0.1, 0.15) is 34.5 Å². The Bertz CT molecular complexity index is 1110. The number of hydrogen-bond acceptors (Lipinski definition) is 5. The van der Waals surface area contributed by atoms with Crippen LogP contribution >= 0.6 is 0 Å². The van der Waals surface area contributed by atoms with Gasteiger partial charge in [0.15, 0.2) is 0 Å². The number of carbonyl (C=O) groups excluding carboxylic acids is 1. The Hall–Kier alpha value is -3.81. The van der Waals surface area contributed by atoms with Crippen molar-refractivity contribution in [3.05, 3.63) is 91.5 Å². The third-order valence-electron chi connectivity index (χ3n) is 4.64. The summed E-state index contributed by atoms with van der Waals surface area (Å²) in [6, 6.07) is 15.1. The molecule has 0 saturated carbocycles. The maximum atomic E-state index is 12.7. The molecule has 1 atom stereocenters. The van der Waals surface area contributed by atoms with Crippen molar-refractivity contribution in [3.63, 3.8) is 0 Å². The van der Waals surface area contributed by atoms with Gasteiger partial charge in [0, 0.05) is 11.6 Å². The van der Waals surface area contributed by atoms with Crippen molar-refractivity contribution >= 4 is 28.1 Å². The fourth-order valence-electron chi connectivity index (χ4n) is 3.05. The van der Waals surface area contributed by atoms with E-state index < -0.39 is 33.2 Å². The second kappa shape index (κ2) is 7.43. The number of non-ortho nitro benzene ring substituents is 1. The second-order valence-corrected chi connectivity index (χ2v) is 6.45. The maximum Gasteiger partial charge on any atom is 0.279 e. The molecule has 3 aromatic rings. The number of nitro benzene ring substituents is 2. The van der Waals surface area contributed by atoms with Gasteiger partial charge < -0.3 is 5.32 Å². The molecule has 0 bridgehead atoms. The molecule has 0 fully saturated rings. The smallest absolute Gasteiger partial charge is 0.279 e. The summed E-state index contributed by atoms with van der Waals surface area (Å²) in [5.41, 5.74) is -0.115. The quantitative estimate of drug-likeness (QED) is 0.519. The molecule has 28 heavy (non-hydrogen) atoms. The first-order valence-corrected chi connectivity index (χ1v) is 8.51. The van der Waals surface area contributed by atoms with Crippen LogP contribution in [0.2, 0.25) is 0 Å². The number of rotatable bonds is 5. The third-order valence-corrected chi connectivity index (χ3v) is 4.64. The van der Waals surface area contributed by atoms with Gasteiger partial charge in [0.05, 0.1) is 27.5 Å². The highest BCUT2D eigenvalue weighted by Crippen LogP contribution is 2.28. The summed E-state index contributed by atoms with van der Waals surface area (Å²) >= 11 is 0. The lowest BCUT2D eigenvalue weighted by atomic mass is 10.0. The van der Waals surface area contributed by atoms with Gasteiger partial charge in [0.25, 0.3) is 17.3 Å². The zero-order valence-corrected chi connectivity index (χ0v) is 15.2. The minimum Gasteiger partial charge on any atom is -0.346 e. The molecule has 0 aliphatic heterocycles. The molecule has 142 valence electrons. The molecule has 0 radical (unpaired) electrons. The predicted molar refractivity (Wildman–Crippen MR) is 104 cm³/mol. The number of amides is 1. The highest BCUT2D eigenvalue weighted by Gasteiger charge is 2.25. The lowest BCUT2D eigenvalue weighted by Gasteiger charge is -2.16. The van der Waals surface area contributed by atoms with Crippen LogP contribution in [0.3, 0.4) is 0 Å². The molecule has 0 aromatic heterocycles. The van der Waals surface area contributed by atoms with Gasteiger partial charge >= 0.3 is 0 Å². The number of fused-ring (bicyclic) bond motifs is 1. The van der Waals surface area contributed by atoms with Gasteiger partial charge in [-0.3, -0.25) is 25.0 Å². The zero-order valence-electron chi connectivity index (χ0n) is 15.2. The lowest BCUT2D eigenvalue weighted by molar-refractivity contribution is -0.394. The van der Waals surface area contributed by atoms with E-state index in [4.69, 9.17) is 0 Å². The summed E-state index contributed by atoms with van der Waals surface area (Å²) in [5, 5.41) is 27.1. The summed E-state index contributed by atoms with van der Waals surface area (Å²) in [4.78, 5) is 33.5. The fraction of sp³-hybridized carbons (Fsp3) is 0.150. The molecule has 0 aliphatic carbocycles. The van der Waals surface area contributed by atoms with Gasteiger partial charge in [-0.25, -0.2) is 0 Å². The van der Waals surface area contributed by atoms with Crippen LogP contribution in [0.15, 0.2) is 54.6 Å². The first-order valence-electron chi connectivity index (χ1n) is 8.51. The largest absolute Gasteiger partial charge is 0.346 e. The summed E-state index contributed by atoms with van der Waals surface area (Å²) in [6.45, 7) is 3.18. The maximum absolute atomic E-state index is 12.7. The van der Waals surface area contributed by atoms with Gasteiger partial charge in [-0.1, -0.05) is 36.4 Å². The van der Waals surface area contributed by atoms with Gasteiger partial charge in [-0.15, -0.1) is 0 Å². The average Bonchev–Trinajstić information content (AvgIpc) is 2.67. The van der Waals surface area contributed by atoms with E-state index in [-0.39, 0.29) is 11.1 Å². The molecule has 1 N–H and O–H groups in total. The number of carbonyl (C=O) groups is 1. The van der Waals surface area contributed by atoms with Gasteiger partial charge in [-0.2, -0.15) is 0 Å². The van der Waals surface area contributed by atoms with Crippen molar-refractivity contribution in [1.82, 2.24) is 5.32 Å². The van der Waals surface area contributed by atoms with E-state index in [1.165, 1.54) is 6.92 Å². The predicted octanol–water partition coefficient (Wildman–Crippen LogP) is 4.46. The van der Waals surface area contributed by atoms with E-state index in [0.717, 1.165) is 28.5 Å². The summed E-state index contributed by atoms with van der Waals surface area (Å²) in [7, 11) is 0. The first kappa shape index (κ1) is 19.0. The summed E-state index contributed by atoms with van der Waals surface area (Å²) in [6.07, 6.45) is 0. The van der Waals surface area contributed by atoms with Crippen LogP contribution < -0.4 is 5.32 Å². The molecule has 0 spiro atoms. The summed E-state index contributed by atoms with van der Waals surface area (Å²) < 4.78 is 0. The molecular weight excluding hydrogens is 362 g/mol. The van der Waals surface area contributed by atoms with Crippen LogP contribution in [-0.4, -0.2) is 15.8 Å². The molecule has 0 heterocycles. The zero-order chi connectivity index (χ0) is 20.4. The van der Waals surface area contributed by atoms with E-state index in [9.17, 15) is 25.0 Å². The average molecular weight is 379 g/mol. The van der Waals surface area contributed by atoms with Crippen molar-refractivity contribution in [2.24, 2.45) is 0 Å². The summed E-state index contributed by atoms with van der Waals surface area (Å²) in [5.74, 6) is -0.607. The number of benzene rings is 3. The SMILES string of the molecule is Cc1c(C(=O)NC(C)c2ccc3ccccc3c2)cc([N+](=O)[O-])cc1[N+](=O)[O-]. The Balaban J connectivity index is 1.93. The van der Waals surface area contributed by atoms with Crippen molar-refractivity contribution in [2.45, 2.75) is 19.9 Å². The van der Waals surface area contributed by atoms with Gasteiger partial charge in [-0.05, 0) is 36.2 Å². The topological polar surface area (TPSA) is 115 Å².